The van der Waals surface area contributed by atoms with Gasteiger partial charge in [0.2, 0.25) is 0 Å². The van der Waals surface area contributed by atoms with Crippen molar-refractivity contribution in [3.63, 3.8) is 0 Å². The number of hydrogen-bond acceptors (Lipinski definition) is 4. The molecule has 5 heteroatoms. The van der Waals surface area contributed by atoms with Crippen LogP contribution in [-0.4, -0.2) is 29.3 Å². The van der Waals surface area contributed by atoms with Crippen LogP contribution >= 0.6 is 7.06 Å². The second kappa shape index (κ2) is 5.19. The Morgan fingerprint density at radius 3 is 2.35 bits per heavy atom. The fraction of sp³-hybridized carbons (Fsp3) is 0.400. The van der Waals surface area contributed by atoms with Gasteiger partial charge >= 0.3 is 119 Å². The van der Waals surface area contributed by atoms with Crippen molar-refractivity contribution in [2.24, 2.45) is 0 Å². The van der Waals surface area contributed by atoms with Gasteiger partial charge in [0.25, 0.3) is 0 Å². The van der Waals surface area contributed by atoms with Gasteiger partial charge < -0.3 is 0 Å². The van der Waals surface area contributed by atoms with Crippen LogP contribution in [0.2, 0.25) is 0 Å². The fourth-order valence-electron chi connectivity index (χ4n) is 2.44. The van der Waals surface area contributed by atoms with E-state index in [2.05, 4.69) is 6.08 Å². The molecule has 0 bridgehead atoms. The van der Waals surface area contributed by atoms with E-state index >= 15 is 0 Å². The molecule has 2 rings (SSSR count). The molecule has 110 valence electrons. The van der Waals surface area contributed by atoms with Crippen molar-refractivity contribution >= 4 is 13.0 Å². The van der Waals surface area contributed by atoms with E-state index in [0.29, 0.717) is 30.0 Å². The second-order valence-corrected chi connectivity index (χ2v) is 10.1. The van der Waals surface area contributed by atoms with Crippen molar-refractivity contribution in [1.29, 1.82) is 0 Å². The van der Waals surface area contributed by atoms with Crippen molar-refractivity contribution in [2.45, 2.75) is 20.8 Å². The first-order chi connectivity index (χ1) is 9.33. The zero-order valence-electron chi connectivity index (χ0n) is 12.1. The molecule has 0 atom stereocenters. The van der Waals surface area contributed by atoms with Crippen molar-refractivity contribution in [1.82, 2.24) is 0 Å². The molecule has 4 nitrogen and oxygen atoms in total. The van der Waals surface area contributed by atoms with Crippen LogP contribution in [0, 0.1) is 0 Å². The Labute approximate surface area is 119 Å². The Morgan fingerprint density at radius 2 is 1.90 bits per heavy atom. The summed E-state index contributed by atoms with van der Waals surface area (Å²) in [5.74, 6) is 0.738. The molecule has 1 aliphatic heterocycles. The Kier molecular flexibility index (Phi) is 3.90. The third kappa shape index (κ3) is 3.20. The van der Waals surface area contributed by atoms with E-state index in [1.54, 1.807) is 24.3 Å². The molecule has 0 fully saturated rings. The minimum absolute atomic E-state index is 0.355. The summed E-state index contributed by atoms with van der Waals surface area (Å²) in [6.45, 7) is 5.35. The third-order valence-corrected chi connectivity index (χ3v) is 7.95. The molecule has 0 aromatic heterocycles. The first-order valence-corrected chi connectivity index (χ1v) is 9.39. The predicted molar refractivity (Wildman–Crippen MR) is 81.5 cm³/mol. The van der Waals surface area contributed by atoms with Gasteiger partial charge in [0.05, 0.1) is 0 Å². The van der Waals surface area contributed by atoms with Crippen molar-refractivity contribution < 1.29 is 18.9 Å². The molecule has 1 heterocycles. The molecule has 0 saturated carbocycles. The molecule has 0 unspecified atom stereocenters. The summed E-state index contributed by atoms with van der Waals surface area (Å²) in [6.07, 6.45) is 3.94. The summed E-state index contributed by atoms with van der Waals surface area (Å²) < 4.78 is 11.0. The fourth-order valence-corrected chi connectivity index (χ4v) is 5.97. The summed E-state index contributed by atoms with van der Waals surface area (Å²) in [7, 11) is -3.14. The van der Waals surface area contributed by atoms with E-state index in [1.165, 1.54) is 12.5 Å². The van der Waals surface area contributed by atoms with Crippen LogP contribution < -0.4 is 9.26 Å². The van der Waals surface area contributed by atoms with E-state index in [0.717, 1.165) is 0 Å². The van der Waals surface area contributed by atoms with E-state index in [-0.39, 0.29) is 5.97 Å². The summed E-state index contributed by atoms with van der Waals surface area (Å²) in [6, 6.07) is 6.80. The summed E-state index contributed by atoms with van der Waals surface area (Å²) in [4.78, 5) is 21.9. The van der Waals surface area contributed by atoms with Crippen molar-refractivity contribution in [3.8, 4) is 11.5 Å². The van der Waals surface area contributed by atoms with Gasteiger partial charge in [0, 0.05) is 0 Å². The normalized spacial score (nSPS) is 21.4. The molecule has 0 saturated heterocycles. The van der Waals surface area contributed by atoms with E-state index in [4.69, 9.17) is 9.26 Å². The molecule has 0 spiro atoms. The average Bonchev–Trinajstić information content (AvgIpc) is 2.69. The number of esters is 1. The van der Waals surface area contributed by atoms with Gasteiger partial charge in [-0.2, -0.15) is 0 Å². The molecule has 1 aromatic carbocycles. The van der Waals surface area contributed by atoms with Crippen LogP contribution in [0.25, 0.3) is 0 Å². The molecule has 0 radical (unpaired) electrons. The van der Waals surface area contributed by atoms with Crippen LogP contribution in [0.4, 0.5) is 0 Å². The molecule has 0 aliphatic carbocycles. The van der Waals surface area contributed by atoms with Crippen LogP contribution in [-0.2, 0) is 4.79 Å². The summed E-state index contributed by atoms with van der Waals surface area (Å²) in [5, 5.41) is 0. The molecule has 1 N–H and O–H groups in total. The number of allylic oxidation sites excluding steroid dienone is 2. The monoisotopic (exact) mass is 296 g/mol. The molecule has 0 amide bonds. The third-order valence-electron chi connectivity index (χ3n) is 3.61. The number of carbonyl (C=O) groups is 1. The quantitative estimate of drug-likeness (QED) is 0.401. The number of hydrogen-bond donors (Lipinski definition) is 1. The van der Waals surface area contributed by atoms with Gasteiger partial charge in [-0.25, -0.2) is 0 Å². The topological polar surface area (TPSA) is 55.8 Å². The van der Waals surface area contributed by atoms with Gasteiger partial charge in [0.1, 0.15) is 0 Å². The van der Waals surface area contributed by atoms with E-state index in [9.17, 15) is 9.69 Å². The predicted octanol–water partition coefficient (Wildman–Crippen LogP) is 3.35. The molecule has 1 aromatic rings. The number of rotatable bonds is 4. The SMILES string of the molecule is CCP1(O)(Oc2ccc(OC(C)=O)cc2)CC=C(C)C1. The van der Waals surface area contributed by atoms with Crippen molar-refractivity contribution in [3.05, 3.63) is 35.9 Å². The first-order valence-electron chi connectivity index (χ1n) is 6.73. The minimum atomic E-state index is -3.14. The standard InChI is InChI=1S/C15H21O4P/c1-4-20(17,10-9-12(2)11-20)19-15-7-5-14(6-8-15)18-13(3)16/h5-9,17H,4,10-11H2,1-3H3. The zero-order chi connectivity index (χ0) is 14.8. The summed E-state index contributed by atoms with van der Waals surface area (Å²) in [5.41, 5.74) is 1.18. The molecular formula is C15H21O4P. The summed E-state index contributed by atoms with van der Waals surface area (Å²) >= 11 is 0. The first kappa shape index (κ1) is 15.0. The van der Waals surface area contributed by atoms with Crippen LogP contribution in [0.3, 0.4) is 0 Å². The number of carbonyl (C=O) groups excluding carboxylic acids is 1. The van der Waals surface area contributed by atoms with E-state index < -0.39 is 7.06 Å². The van der Waals surface area contributed by atoms with E-state index in [1.807, 2.05) is 13.8 Å². The van der Waals surface area contributed by atoms with Gasteiger partial charge in [0.15, 0.2) is 0 Å². The van der Waals surface area contributed by atoms with Gasteiger partial charge in [-0.1, -0.05) is 0 Å². The van der Waals surface area contributed by atoms with Gasteiger partial charge in [-0.15, -0.1) is 0 Å². The van der Waals surface area contributed by atoms with Crippen LogP contribution in [0.5, 0.6) is 11.5 Å². The molecular weight excluding hydrogens is 275 g/mol. The second-order valence-electron chi connectivity index (χ2n) is 5.43. The maximum atomic E-state index is 11.1. The Balaban J connectivity index is 2.15. The molecule has 1 aliphatic rings. The number of benzene rings is 1. The Hall–Kier alpha value is -1.38. The van der Waals surface area contributed by atoms with Crippen LogP contribution in [0.15, 0.2) is 35.9 Å². The van der Waals surface area contributed by atoms with Crippen molar-refractivity contribution in [2.75, 3.05) is 18.5 Å². The number of ether oxygens (including phenoxy) is 1. The van der Waals surface area contributed by atoms with Crippen LogP contribution in [0.1, 0.15) is 20.8 Å². The van der Waals surface area contributed by atoms with Gasteiger partial charge in [-0.3, -0.25) is 0 Å². The van der Waals surface area contributed by atoms with Gasteiger partial charge in [-0.05, 0) is 0 Å². The maximum absolute atomic E-state index is 11.1. The Morgan fingerprint density at radius 1 is 1.30 bits per heavy atom. The Bertz CT molecular complexity index is 551. The molecule has 20 heavy (non-hydrogen) atoms. The zero-order valence-corrected chi connectivity index (χ0v) is 13.0. The average molecular weight is 296 g/mol.